The fourth-order valence-electron chi connectivity index (χ4n) is 1.28. The summed E-state index contributed by atoms with van der Waals surface area (Å²) in [4.78, 5) is 25.7. The van der Waals surface area contributed by atoms with Crippen LogP contribution in [0.5, 0.6) is 5.88 Å². The maximum atomic E-state index is 12.7. The summed E-state index contributed by atoms with van der Waals surface area (Å²) in [6.45, 7) is -1.15. The molecule has 0 fully saturated rings. The van der Waals surface area contributed by atoms with Crippen LogP contribution < -0.4 is 15.4 Å². The minimum absolute atomic E-state index is 0.0837. The molecule has 1 aromatic rings. The molecule has 140 valence electrons. The Hall–Kier alpha value is -2.63. The summed E-state index contributed by atoms with van der Waals surface area (Å²) in [5.74, 6) is -6.21. The molecule has 1 rings (SSSR count). The zero-order valence-electron chi connectivity index (χ0n) is 12.8. The maximum absolute atomic E-state index is 12.7. The van der Waals surface area contributed by atoms with Crippen molar-refractivity contribution < 1.29 is 42.1 Å². The normalized spacial score (nSPS) is 13.9. The van der Waals surface area contributed by atoms with Crippen LogP contribution in [0.15, 0.2) is 18.3 Å². The molecule has 1 heterocycles. The molecule has 1 aromatic heterocycles. The molecule has 0 aliphatic heterocycles. The highest BCUT2D eigenvalue weighted by atomic mass is 19.3. The number of anilines is 1. The topological polar surface area (TPSA) is 121 Å². The van der Waals surface area contributed by atoms with Crippen LogP contribution >= 0.6 is 0 Å². The number of aliphatic hydroxyl groups is 1. The molecule has 2 amide bonds. The first kappa shape index (κ1) is 20.4. The van der Waals surface area contributed by atoms with Crippen LogP contribution in [-0.4, -0.2) is 58.3 Å². The van der Waals surface area contributed by atoms with Crippen LogP contribution in [0, 0.1) is 0 Å². The zero-order chi connectivity index (χ0) is 19.3. The lowest BCUT2D eigenvalue weighted by Gasteiger charge is -2.18. The lowest BCUT2D eigenvalue weighted by atomic mass is 10.1. The third-order valence-electron chi connectivity index (χ3n) is 2.78. The fraction of sp³-hybridized carbons (Fsp3) is 0.462. The molecular weight excluding hydrogens is 354 g/mol. The van der Waals surface area contributed by atoms with Crippen molar-refractivity contribution >= 4 is 17.7 Å². The van der Waals surface area contributed by atoms with Gasteiger partial charge >= 0.3 is 24.3 Å². The zero-order valence-corrected chi connectivity index (χ0v) is 12.8. The monoisotopic (exact) mass is 369 g/mol. The van der Waals surface area contributed by atoms with Gasteiger partial charge in [0.05, 0.1) is 18.4 Å². The number of carbonyl (C=O) groups excluding carboxylic acids is 1. The number of pyridine rings is 1. The molecule has 0 bridgehead atoms. The number of nitrogens with one attached hydrogen (secondary N) is 2. The van der Waals surface area contributed by atoms with Crippen molar-refractivity contribution in [2.45, 2.75) is 24.9 Å². The molecule has 0 saturated heterocycles. The molecule has 8 nitrogen and oxygen atoms in total. The number of amides is 2. The van der Waals surface area contributed by atoms with E-state index in [0.29, 0.717) is 0 Å². The van der Waals surface area contributed by atoms with Crippen LogP contribution in [0.25, 0.3) is 0 Å². The Balaban J connectivity index is 2.51. The fourth-order valence-corrected chi connectivity index (χ4v) is 1.28. The average Bonchev–Trinajstić information content (AvgIpc) is 2.52. The van der Waals surface area contributed by atoms with Crippen LogP contribution in [0.1, 0.15) is 6.92 Å². The van der Waals surface area contributed by atoms with Gasteiger partial charge in [-0.05, 0) is 13.0 Å². The van der Waals surface area contributed by atoms with Crippen LogP contribution in [0.4, 0.5) is 28.0 Å². The van der Waals surface area contributed by atoms with Gasteiger partial charge in [0.15, 0.2) is 12.2 Å². The van der Waals surface area contributed by atoms with E-state index in [1.807, 2.05) is 0 Å². The van der Waals surface area contributed by atoms with Crippen molar-refractivity contribution in [3.63, 3.8) is 0 Å². The van der Waals surface area contributed by atoms with E-state index in [9.17, 15) is 32.3 Å². The molecule has 0 aliphatic carbocycles. The largest absolute Gasteiger partial charge is 0.479 e. The van der Waals surface area contributed by atoms with Crippen LogP contribution in [-0.2, 0) is 4.79 Å². The smallest absolute Gasteiger partial charge is 0.340 e. The Kier molecular flexibility index (Phi) is 6.50. The first-order valence-corrected chi connectivity index (χ1v) is 6.69. The van der Waals surface area contributed by atoms with Crippen molar-refractivity contribution in [1.29, 1.82) is 0 Å². The number of hydrogen-bond donors (Lipinski definition) is 4. The molecule has 1 unspecified atom stereocenters. The number of aromatic nitrogens is 1. The highest BCUT2D eigenvalue weighted by Gasteiger charge is 2.41. The summed E-state index contributed by atoms with van der Waals surface area (Å²) >= 11 is 0. The van der Waals surface area contributed by atoms with Gasteiger partial charge in [0.1, 0.15) is 0 Å². The maximum Gasteiger partial charge on any atom is 0.340 e. The van der Waals surface area contributed by atoms with E-state index in [0.717, 1.165) is 19.2 Å². The van der Waals surface area contributed by atoms with E-state index >= 15 is 0 Å². The number of nitrogens with zero attached hydrogens (tertiary/aromatic N) is 1. The Bertz CT molecular complexity index is 610. The number of hydrogen-bond acceptors (Lipinski definition) is 5. The molecule has 0 aromatic carbocycles. The van der Waals surface area contributed by atoms with Crippen molar-refractivity contribution in [2.24, 2.45) is 0 Å². The number of rotatable bonds is 8. The molecule has 1 atom stereocenters. The Labute approximate surface area is 138 Å². The van der Waals surface area contributed by atoms with Crippen molar-refractivity contribution in [3.05, 3.63) is 18.3 Å². The van der Waals surface area contributed by atoms with Gasteiger partial charge in [-0.15, -0.1) is 0 Å². The van der Waals surface area contributed by atoms with E-state index in [2.05, 4.69) is 20.4 Å². The van der Waals surface area contributed by atoms with E-state index in [-0.39, 0.29) is 11.6 Å². The number of alkyl halides is 4. The van der Waals surface area contributed by atoms with E-state index < -0.39 is 43.1 Å². The number of aliphatic carboxylic acids is 1. The molecule has 12 heteroatoms. The van der Waals surface area contributed by atoms with E-state index in [1.54, 1.807) is 0 Å². The van der Waals surface area contributed by atoms with E-state index in [4.69, 9.17) is 5.11 Å². The van der Waals surface area contributed by atoms with E-state index in [1.165, 1.54) is 6.07 Å². The standard InChI is InChI=1S/C13H15F4N3O5/c1-12(24,10(21)22)5-19-11(23)20-7-2-3-8(18-4-7)25-6-13(16,17)9(14)15/h2-4,9,24H,5-6H2,1H3,(H,21,22)(H2,19,20,23). The molecule has 0 aliphatic rings. The van der Waals surface area contributed by atoms with Crippen LogP contribution in [0.2, 0.25) is 0 Å². The van der Waals surface area contributed by atoms with Gasteiger partial charge in [-0.2, -0.15) is 8.78 Å². The highest BCUT2D eigenvalue weighted by Crippen LogP contribution is 2.24. The van der Waals surface area contributed by atoms with Gasteiger partial charge in [0.2, 0.25) is 5.88 Å². The quantitative estimate of drug-likeness (QED) is 0.513. The predicted octanol–water partition coefficient (Wildman–Crippen LogP) is 1.32. The van der Waals surface area contributed by atoms with Gasteiger partial charge in [-0.3, -0.25) is 0 Å². The van der Waals surface area contributed by atoms with Gasteiger partial charge < -0.3 is 25.6 Å². The predicted molar refractivity (Wildman–Crippen MR) is 76.0 cm³/mol. The van der Waals surface area contributed by atoms with Gasteiger partial charge in [-0.25, -0.2) is 23.4 Å². The minimum Gasteiger partial charge on any atom is -0.479 e. The average molecular weight is 369 g/mol. The number of carboxylic acid groups (broad SMARTS) is 1. The third kappa shape index (κ3) is 6.41. The Morgan fingerprint density at radius 3 is 2.48 bits per heavy atom. The minimum atomic E-state index is -4.32. The number of ether oxygens (including phenoxy) is 1. The van der Waals surface area contributed by atoms with Gasteiger partial charge in [0, 0.05) is 6.07 Å². The Morgan fingerprint density at radius 2 is 2.00 bits per heavy atom. The lowest BCUT2D eigenvalue weighted by Crippen LogP contribution is -2.47. The number of carbonyl (C=O) groups is 2. The summed E-state index contributed by atoms with van der Waals surface area (Å²) in [7, 11) is 0. The number of urea groups is 1. The SMILES string of the molecule is CC(O)(CNC(=O)Nc1ccc(OCC(F)(F)C(F)F)nc1)C(=O)O. The van der Waals surface area contributed by atoms with Gasteiger partial charge in [0.25, 0.3) is 0 Å². The molecule has 0 radical (unpaired) electrons. The lowest BCUT2D eigenvalue weighted by molar-refractivity contribution is -0.155. The summed E-state index contributed by atoms with van der Waals surface area (Å²) < 4.78 is 53.8. The summed E-state index contributed by atoms with van der Waals surface area (Å²) in [6.07, 6.45) is -2.87. The second-order valence-electron chi connectivity index (χ2n) is 5.12. The third-order valence-corrected chi connectivity index (χ3v) is 2.78. The molecule has 0 spiro atoms. The number of halogens is 4. The molecular formula is C13H15F4N3O5. The van der Waals surface area contributed by atoms with Crippen LogP contribution in [0.3, 0.4) is 0 Å². The highest BCUT2D eigenvalue weighted by molar-refractivity contribution is 5.89. The Morgan fingerprint density at radius 1 is 1.36 bits per heavy atom. The first-order valence-electron chi connectivity index (χ1n) is 6.69. The van der Waals surface area contributed by atoms with Crippen molar-refractivity contribution in [1.82, 2.24) is 10.3 Å². The second kappa shape index (κ2) is 7.96. The first-order chi connectivity index (χ1) is 11.4. The summed E-state index contributed by atoms with van der Waals surface area (Å²) in [5, 5.41) is 22.4. The number of carboxylic acids is 1. The second-order valence-corrected chi connectivity index (χ2v) is 5.12. The molecule has 0 saturated carbocycles. The van der Waals surface area contributed by atoms with Crippen molar-refractivity contribution in [3.8, 4) is 5.88 Å². The van der Waals surface area contributed by atoms with Gasteiger partial charge in [-0.1, -0.05) is 0 Å². The van der Waals surface area contributed by atoms with Crippen molar-refractivity contribution in [2.75, 3.05) is 18.5 Å². The molecule has 4 N–H and O–H groups in total. The summed E-state index contributed by atoms with van der Waals surface area (Å²) in [5.41, 5.74) is -2.08. The molecule has 25 heavy (non-hydrogen) atoms. The summed E-state index contributed by atoms with van der Waals surface area (Å²) in [6, 6.07) is 1.39.